The van der Waals surface area contributed by atoms with Gasteiger partial charge in [0.2, 0.25) is 0 Å². The first kappa shape index (κ1) is 16.9. The predicted octanol–water partition coefficient (Wildman–Crippen LogP) is 3.55. The molecule has 0 fully saturated rings. The summed E-state index contributed by atoms with van der Waals surface area (Å²) in [6.45, 7) is 7.43. The van der Waals surface area contributed by atoms with Gasteiger partial charge >= 0.3 is 0 Å². The lowest BCUT2D eigenvalue weighted by Gasteiger charge is -2.22. The van der Waals surface area contributed by atoms with Crippen molar-refractivity contribution in [1.29, 1.82) is 0 Å². The van der Waals surface area contributed by atoms with Gasteiger partial charge in [-0.1, -0.05) is 26.0 Å². The highest BCUT2D eigenvalue weighted by Gasteiger charge is 2.19. The Hall–Kier alpha value is -1.98. The van der Waals surface area contributed by atoms with Crippen LogP contribution in [0.15, 0.2) is 41.0 Å². The molecular formula is C19H25NO4. The number of hydrogen-bond acceptors (Lipinski definition) is 5. The van der Waals surface area contributed by atoms with Gasteiger partial charge in [-0.15, -0.1) is 0 Å². The number of rotatable bonds is 8. The minimum absolute atomic E-state index is 0.000819. The van der Waals surface area contributed by atoms with Crippen LogP contribution in [0.2, 0.25) is 0 Å². The first-order chi connectivity index (χ1) is 11.7. The molecule has 3 rings (SSSR count). The summed E-state index contributed by atoms with van der Waals surface area (Å²) in [5.41, 5.74) is 1.08. The van der Waals surface area contributed by atoms with E-state index in [1.54, 1.807) is 6.26 Å². The second-order valence-electron chi connectivity index (χ2n) is 6.32. The maximum Gasteiger partial charge on any atom is 0.165 e. The van der Waals surface area contributed by atoms with Gasteiger partial charge in [0.15, 0.2) is 11.5 Å². The van der Waals surface area contributed by atoms with Gasteiger partial charge in [-0.2, -0.15) is 0 Å². The molecule has 1 aliphatic heterocycles. The van der Waals surface area contributed by atoms with E-state index >= 15 is 0 Å². The zero-order valence-corrected chi connectivity index (χ0v) is 14.3. The molecule has 2 heterocycles. The lowest BCUT2D eigenvalue weighted by atomic mass is 10.1. The average molecular weight is 331 g/mol. The Kier molecular flexibility index (Phi) is 5.77. The lowest BCUT2D eigenvalue weighted by Crippen LogP contribution is -2.26. The van der Waals surface area contributed by atoms with Gasteiger partial charge in [0.1, 0.15) is 19.0 Å². The van der Waals surface area contributed by atoms with Crippen LogP contribution >= 0.6 is 0 Å². The van der Waals surface area contributed by atoms with E-state index in [0.717, 1.165) is 29.4 Å². The Morgan fingerprint density at radius 1 is 1.08 bits per heavy atom. The summed E-state index contributed by atoms with van der Waals surface area (Å²) in [7, 11) is 0. The molecule has 0 amide bonds. The molecule has 1 unspecified atom stereocenters. The van der Waals surface area contributed by atoms with Gasteiger partial charge in [-0.25, -0.2) is 0 Å². The number of fused-ring (bicyclic) bond motifs is 1. The van der Waals surface area contributed by atoms with Crippen LogP contribution in [0.4, 0.5) is 0 Å². The standard InChI is InChI=1S/C19H25NO4/c1-14(2)12-21-13-16(17-7-4-8-22-17)20-11-15-5-3-6-18-19(15)24-10-9-23-18/h3-8,14,16,20H,9-13H2,1-2H3. The molecule has 5 heteroatoms. The largest absolute Gasteiger partial charge is 0.486 e. The molecule has 0 radical (unpaired) electrons. The Labute approximate surface area is 142 Å². The summed E-state index contributed by atoms with van der Waals surface area (Å²) in [6, 6.07) is 9.84. The molecule has 0 bridgehead atoms. The van der Waals surface area contributed by atoms with Crippen molar-refractivity contribution in [3.63, 3.8) is 0 Å². The molecule has 1 aliphatic rings. The van der Waals surface area contributed by atoms with Crippen molar-refractivity contribution in [3.05, 3.63) is 47.9 Å². The van der Waals surface area contributed by atoms with Crippen molar-refractivity contribution in [2.24, 2.45) is 5.92 Å². The first-order valence-corrected chi connectivity index (χ1v) is 8.46. The van der Waals surface area contributed by atoms with Crippen molar-refractivity contribution in [2.75, 3.05) is 26.4 Å². The number of para-hydroxylation sites is 1. The molecule has 2 aromatic rings. The number of ether oxygens (including phenoxy) is 3. The van der Waals surface area contributed by atoms with E-state index in [4.69, 9.17) is 18.6 Å². The van der Waals surface area contributed by atoms with E-state index in [2.05, 4.69) is 25.2 Å². The minimum Gasteiger partial charge on any atom is -0.486 e. The third-order valence-electron chi connectivity index (χ3n) is 3.81. The van der Waals surface area contributed by atoms with Gasteiger partial charge in [0, 0.05) is 18.7 Å². The number of hydrogen-bond donors (Lipinski definition) is 1. The summed E-state index contributed by atoms with van der Waals surface area (Å²) >= 11 is 0. The van der Waals surface area contributed by atoms with Crippen molar-refractivity contribution in [1.82, 2.24) is 5.32 Å². The molecule has 1 atom stereocenters. The first-order valence-electron chi connectivity index (χ1n) is 8.46. The van der Waals surface area contributed by atoms with Crippen LogP contribution in [0.3, 0.4) is 0 Å². The van der Waals surface area contributed by atoms with Crippen LogP contribution < -0.4 is 14.8 Å². The second kappa shape index (κ2) is 8.22. The third kappa shape index (κ3) is 4.30. The summed E-state index contributed by atoms with van der Waals surface area (Å²) in [6.07, 6.45) is 1.69. The smallest absolute Gasteiger partial charge is 0.165 e. The molecule has 0 saturated heterocycles. The molecule has 0 spiro atoms. The van der Waals surface area contributed by atoms with Crippen molar-refractivity contribution in [2.45, 2.75) is 26.4 Å². The molecular weight excluding hydrogens is 306 g/mol. The van der Waals surface area contributed by atoms with Gasteiger partial charge in [0.05, 0.1) is 18.9 Å². The predicted molar refractivity (Wildman–Crippen MR) is 91.4 cm³/mol. The number of furan rings is 1. The number of nitrogens with one attached hydrogen (secondary N) is 1. The average Bonchev–Trinajstić information content (AvgIpc) is 3.12. The van der Waals surface area contributed by atoms with Gasteiger partial charge in [-0.05, 0) is 24.1 Å². The fraction of sp³-hybridized carbons (Fsp3) is 0.474. The molecule has 0 saturated carbocycles. The van der Waals surface area contributed by atoms with E-state index in [-0.39, 0.29) is 6.04 Å². The van der Waals surface area contributed by atoms with E-state index in [0.29, 0.717) is 32.3 Å². The summed E-state index contributed by atoms with van der Waals surface area (Å²) in [5.74, 6) is 3.03. The van der Waals surface area contributed by atoms with Crippen LogP contribution in [0, 0.1) is 5.92 Å². The fourth-order valence-electron chi connectivity index (χ4n) is 2.66. The fourth-order valence-corrected chi connectivity index (χ4v) is 2.66. The zero-order valence-electron chi connectivity index (χ0n) is 14.3. The molecule has 1 aromatic heterocycles. The molecule has 1 aromatic carbocycles. The van der Waals surface area contributed by atoms with Crippen LogP contribution in [0.1, 0.15) is 31.2 Å². The maximum atomic E-state index is 5.80. The van der Waals surface area contributed by atoms with Crippen LogP contribution in [-0.2, 0) is 11.3 Å². The van der Waals surface area contributed by atoms with Crippen molar-refractivity contribution in [3.8, 4) is 11.5 Å². The van der Waals surface area contributed by atoms with Crippen molar-refractivity contribution < 1.29 is 18.6 Å². The Balaban J connectivity index is 1.65. The highest BCUT2D eigenvalue weighted by Crippen LogP contribution is 2.33. The molecule has 130 valence electrons. The maximum absolute atomic E-state index is 5.80. The third-order valence-corrected chi connectivity index (χ3v) is 3.81. The van der Waals surface area contributed by atoms with Crippen LogP contribution in [0.5, 0.6) is 11.5 Å². The minimum atomic E-state index is -0.000819. The Morgan fingerprint density at radius 2 is 1.96 bits per heavy atom. The van der Waals surface area contributed by atoms with E-state index in [1.807, 2.05) is 24.3 Å². The highest BCUT2D eigenvalue weighted by molar-refractivity contribution is 5.47. The Morgan fingerprint density at radius 3 is 2.75 bits per heavy atom. The van der Waals surface area contributed by atoms with E-state index in [9.17, 15) is 0 Å². The normalized spacial score (nSPS) is 14.8. The van der Waals surface area contributed by atoms with Crippen LogP contribution in [0.25, 0.3) is 0 Å². The van der Waals surface area contributed by atoms with E-state index in [1.165, 1.54) is 0 Å². The van der Waals surface area contributed by atoms with E-state index < -0.39 is 0 Å². The quantitative estimate of drug-likeness (QED) is 0.801. The van der Waals surface area contributed by atoms with Crippen molar-refractivity contribution >= 4 is 0 Å². The second-order valence-corrected chi connectivity index (χ2v) is 6.32. The molecule has 1 N–H and O–H groups in total. The van der Waals surface area contributed by atoms with Gasteiger partial charge in [0.25, 0.3) is 0 Å². The molecule has 5 nitrogen and oxygen atoms in total. The SMILES string of the molecule is CC(C)COCC(NCc1cccc2c1OCCO2)c1ccco1. The van der Waals surface area contributed by atoms with Gasteiger partial charge in [-0.3, -0.25) is 0 Å². The summed E-state index contributed by atoms with van der Waals surface area (Å²) in [4.78, 5) is 0. The summed E-state index contributed by atoms with van der Waals surface area (Å²) < 4.78 is 22.8. The van der Waals surface area contributed by atoms with Crippen LogP contribution in [-0.4, -0.2) is 26.4 Å². The molecule has 0 aliphatic carbocycles. The highest BCUT2D eigenvalue weighted by atomic mass is 16.6. The Bertz CT molecular complexity index is 624. The van der Waals surface area contributed by atoms with Gasteiger partial charge < -0.3 is 23.9 Å². The number of benzene rings is 1. The molecule has 24 heavy (non-hydrogen) atoms. The lowest BCUT2D eigenvalue weighted by molar-refractivity contribution is 0.0842. The topological polar surface area (TPSA) is 52.9 Å². The summed E-state index contributed by atoms with van der Waals surface area (Å²) in [5, 5.41) is 3.51. The zero-order chi connectivity index (χ0) is 16.8. The monoisotopic (exact) mass is 331 g/mol.